The number of nitrogens with zero attached hydrogens (tertiary/aromatic N) is 3. The molecular weight excluding hydrogens is 378 g/mol. The third-order valence-electron chi connectivity index (χ3n) is 6.37. The van der Waals surface area contributed by atoms with Gasteiger partial charge >= 0.3 is 0 Å². The van der Waals surface area contributed by atoms with Gasteiger partial charge < -0.3 is 9.80 Å². The molecule has 0 saturated carbocycles. The first-order valence-corrected chi connectivity index (χ1v) is 11.4. The van der Waals surface area contributed by atoms with Crippen molar-refractivity contribution in [3.8, 4) is 0 Å². The maximum atomic E-state index is 13.1. The smallest absolute Gasteiger partial charge is 0.292 e. The first-order chi connectivity index (χ1) is 13.4. The van der Waals surface area contributed by atoms with E-state index < -0.39 is 10.8 Å². The van der Waals surface area contributed by atoms with Gasteiger partial charge in [-0.1, -0.05) is 26.0 Å². The van der Waals surface area contributed by atoms with Gasteiger partial charge in [-0.2, -0.15) is 0 Å². The van der Waals surface area contributed by atoms with Crippen LogP contribution in [-0.2, 0) is 15.6 Å². The van der Waals surface area contributed by atoms with Crippen molar-refractivity contribution in [3.05, 3.63) is 34.4 Å². The second kappa shape index (κ2) is 8.59. The van der Waals surface area contributed by atoms with Crippen LogP contribution in [0.5, 0.6) is 0 Å². The molecule has 2 saturated heterocycles. The number of benzene rings is 1. The second-order valence-corrected chi connectivity index (χ2v) is 9.67. The monoisotopic (exact) mass is 407 g/mol. The van der Waals surface area contributed by atoms with Crippen molar-refractivity contribution in [2.75, 3.05) is 36.8 Å². The molecule has 0 spiro atoms. The number of hydrogen-bond acceptors (Lipinski definition) is 5. The van der Waals surface area contributed by atoms with E-state index in [4.69, 9.17) is 0 Å². The van der Waals surface area contributed by atoms with Crippen molar-refractivity contribution in [1.29, 1.82) is 0 Å². The number of hydrogen-bond donors (Lipinski definition) is 0. The van der Waals surface area contributed by atoms with E-state index in [1.54, 1.807) is 12.1 Å². The standard InChI is InChI=1S/C20H29N3O4S/c1-3-20(4-2)15-22(13-14-28(20)27)19(24)16-9-11-21(12-10-16)17-7-5-6-8-18(17)23(25)26/h5-8,16H,3-4,9-15H2,1-2H3/t28-/m0/s1. The van der Waals surface area contributed by atoms with Crippen LogP contribution >= 0.6 is 0 Å². The summed E-state index contributed by atoms with van der Waals surface area (Å²) in [5, 5.41) is 11.3. The van der Waals surface area contributed by atoms with Crippen molar-refractivity contribution in [2.45, 2.75) is 44.3 Å². The zero-order valence-corrected chi connectivity index (χ0v) is 17.5. The van der Waals surface area contributed by atoms with Crippen LogP contribution < -0.4 is 4.90 Å². The Labute approximate surface area is 168 Å². The molecule has 0 aliphatic carbocycles. The lowest BCUT2D eigenvalue weighted by atomic mass is 9.93. The van der Waals surface area contributed by atoms with Gasteiger partial charge in [-0.3, -0.25) is 19.1 Å². The molecule has 154 valence electrons. The van der Waals surface area contributed by atoms with Crippen molar-refractivity contribution >= 4 is 28.1 Å². The summed E-state index contributed by atoms with van der Waals surface area (Å²) >= 11 is 0. The maximum Gasteiger partial charge on any atom is 0.292 e. The van der Waals surface area contributed by atoms with E-state index in [0.717, 1.165) is 12.8 Å². The molecule has 1 atom stereocenters. The number of nitro benzene ring substituents is 1. The third-order valence-corrected chi connectivity index (χ3v) is 8.60. The summed E-state index contributed by atoms with van der Waals surface area (Å²) in [7, 11) is -0.883. The van der Waals surface area contributed by atoms with Gasteiger partial charge in [0.25, 0.3) is 5.69 Å². The molecule has 2 heterocycles. The fourth-order valence-electron chi connectivity index (χ4n) is 4.40. The summed E-state index contributed by atoms with van der Waals surface area (Å²) in [6.07, 6.45) is 3.01. The van der Waals surface area contributed by atoms with Crippen molar-refractivity contribution in [3.63, 3.8) is 0 Å². The average molecular weight is 408 g/mol. The highest BCUT2D eigenvalue weighted by Gasteiger charge is 2.42. The molecule has 1 amide bonds. The van der Waals surface area contributed by atoms with E-state index in [0.29, 0.717) is 50.5 Å². The Morgan fingerprint density at radius 3 is 2.46 bits per heavy atom. The molecule has 8 heteroatoms. The zero-order valence-electron chi connectivity index (χ0n) is 16.6. The lowest BCUT2D eigenvalue weighted by molar-refractivity contribution is -0.384. The molecule has 28 heavy (non-hydrogen) atoms. The van der Waals surface area contributed by atoms with Crippen molar-refractivity contribution in [2.24, 2.45) is 5.92 Å². The predicted octanol–water partition coefficient (Wildman–Crippen LogP) is 2.96. The third kappa shape index (κ3) is 3.92. The van der Waals surface area contributed by atoms with Gasteiger partial charge in [-0.15, -0.1) is 0 Å². The molecule has 3 rings (SSSR count). The van der Waals surface area contributed by atoms with Crippen LogP contribution in [0.1, 0.15) is 39.5 Å². The molecule has 2 aliphatic rings. The number of carbonyl (C=O) groups is 1. The van der Waals surface area contributed by atoms with Crippen LogP contribution in [0.15, 0.2) is 24.3 Å². The normalized spacial score (nSPS) is 22.9. The van der Waals surface area contributed by atoms with Gasteiger partial charge in [0.05, 0.1) is 9.67 Å². The number of para-hydroxylation sites is 2. The molecule has 1 aromatic rings. The first kappa shape index (κ1) is 20.8. The predicted molar refractivity (Wildman–Crippen MR) is 111 cm³/mol. The van der Waals surface area contributed by atoms with Crippen LogP contribution in [0, 0.1) is 16.0 Å². The van der Waals surface area contributed by atoms with E-state index in [1.165, 1.54) is 6.07 Å². The number of rotatable bonds is 5. The number of anilines is 1. The second-order valence-electron chi connectivity index (χ2n) is 7.71. The minimum atomic E-state index is -0.883. The highest BCUT2D eigenvalue weighted by Crippen LogP contribution is 2.33. The molecular formula is C20H29N3O4S. The average Bonchev–Trinajstić information content (AvgIpc) is 2.74. The summed E-state index contributed by atoms with van der Waals surface area (Å²) in [5.74, 6) is 0.657. The van der Waals surface area contributed by atoms with Gasteiger partial charge in [0, 0.05) is 54.7 Å². The Morgan fingerprint density at radius 1 is 1.21 bits per heavy atom. The van der Waals surface area contributed by atoms with Crippen molar-refractivity contribution < 1.29 is 13.9 Å². The maximum absolute atomic E-state index is 13.1. The number of amides is 1. The summed E-state index contributed by atoms with van der Waals surface area (Å²) in [5.41, 5.74) is 0.740. The van der Waals surface area contributed by atoms with E-state index in [2.05, 4.69) is 13.8 Å². The number of carbonyl (C=O) groups excluding carboxylic acids is 1. The van der Waals surface area contributed by atoms with Gasteiger partial charge in [-0.25, -0.2) is 0 Å². The van der Waals surface area contributed by atoms with Crippen LogP contribution in [0.2, 0.25) is 0 Å². The highest BCUT2D eigenvalue weighted by atomic mass is 32.2. The van der Waals surface area contributed by atoms with Gasteiger partial charge in [0.2, 0.25) is 5.91 Å². The quantitative estimate of drug-likeness (QED) is 0.553. The molecule has 0 radical (unpaired) electrons. The minimum Gasteiger partial charge on any atom is -0.366 e. The Kier molecular flexibility index (Phi) is 6.37. The molecule has 0 unspecified atom stereocenters. The minimum absolute atomic E-state index is 0.0584. The first-order valence-electron chi connectivity index (χ1n) is 10.1. The summed E-state index contributed by atoms with van der Waals surface area (Å²) in [6, 6.07) is 6.78. The van der Waals surface area contributed by atoms with Gasteiger partial charge in [-0.05, 0) is 31.7 Å². The SMILES string of the molecule is CCC1(CC)CN(C(=O)C2CCN(c3ccccc3[N+](=O)[O-])CC2)CC[S@@]1=O. The van der Waals surface area contributed by atoms with E-state index in [1.807, 2.05) is 15.9 Å². The van der Waals surface area contributed by atoms with Crippen molar-refractivity contribution in [1.82, 2.24) is 4.90 Å². The molecule has 7 nitrogen and oxygen atoms in total. The lowest BCUT2D eigenvalue weighted by Crippen LogP contribution is -2.56. The molecule has 0 N–H and O–H groups in total. The van der Waals surface area contributed by atoms with E-state index in [9.17, 15) is 19.1 Å². The lowest BCUT2D eigenvalue weighted by Gasteiger charge is -2.43. The van der Waals surface area contributed by atoms with E-state index >= 15 is 0 Å². The Balaban J connectivity index is 1.65. The highest BCUT2D eigenvalue weighted by molar-refractivity contribution is 7.86. The number of nitro groups is 1. The fraction of sp³-hybridized carbons (Fsp3) is 0.650. The topological polar surface area (TPSA) is 83.8 Å². The summed E-state index contributed by atoms with van der Waals surface area (Å²) in [6.45, 7) is 6.52. The molecule has 2 aliphatic heterocycles. The van der Waals surface area contributed by atoms with E-state index in [-0.39, 0.29) is 27.2 Å². The van der Waals surface area contributed by atoms with Gasteiger partial charge in [0.15, 0.2) is 0 Å². The van der Waals surface area contributed by atoms with Crippen LogP contribution in [0.25, 0.3) is 0 Å². The molecule has 0 bridgehead atoms. The molecule has 2 fully saturated rings. The van der Waals surface area contributed by atoms with Crippen LogP contribution in [0.3, 0.4) is 0 Å². The van der Waals surface area contributed by atoms with Gasteiger partial charge in [0.1, 0.15) is 5.69 Å². The Hall–Kier alpha value is -1.96. The molecule has 0 aromatic heterocycles. The largest absolute Gasteiger partial charge is 0.366 e. The summed E-state index contributed by atoms with van der Waals surface area (Å²) < 4.78 is 12.2. The van der Waals surface area contributed by atoms with Crippen LogP contribution in [0.4, 0.5) is 11.4 Å². The molecule has 1 aromatic carbocycles. The Morgan fingerprint density at radius 2 is 1.86 bits per heavy atom. The fourth-order valence-corrected chi connectivity index (χ4v) is 6.17. The number of piperidine rings is 1. The Bertz CT molecular complexity index is 758. The van der Waals surface area contributed by atoms with Crippen LogP contribution in [-0.4, -0.2) is 56.6 Å². The zero-order chi connectivity index (χ0) is 20.3. The summed E-state index contributed by atoms with van der Waals surface area (Å²) in [4.78, 5) is 28.0.